The molecule has 3 nitrogen and oxygen atoms in total. The summed E-state index contributed by atoms with van der Waals surface area (Å²) in [5.41, 5.74) is 0. The van der Waals surface area contributed by atoms with Crippen LogP contribution in [0.15, 0.2) is 0 Å². The van der Waals surface area contributed by atoms with E-state index in [4.69, 9.17) is 14.3 Å². The minimum absolute atomic E-state index is 0.583. The van der Waals surface area contributed by atoms with Crippen molar-refractivity contribution in [3.05, 3.63) is 0 Å². The second-order valence-electron chi connectivity index (χ2n) is 1.02. The highest BCUT2D eigenvalue weighted by molar-refractivity contribution is 7.52. The highest BCUT2D eigenvalue weighted by Crippen LogP contribution is 2.40. The minimum atomic E-state index is -1.14. The van der Waals surface area contributed by atoms with Crippen molar-refractivity contribution in [3.63, 3.8) is 0 Å². The zero-order valence-electron chi connectivity index (χ0n) is 3.63. The molecule has 7 heavy (non-hydrogen) atoms. The first kappa shape index (κ1) is 4.99. The molecular formula is C3H4NO2P. The molecule has 0 saturated carbocycles. The van der Waals surface area contributed by atoms with E-state index in [1.165, 1.54) is 0 Å². The Balaban J connectivity index is 2.31. The standard InChI is InChI=1S/C3H4NO2P/c4-3-7-5-1-2-6-7/h1-2H2. The number of nitrogens with zero attached hydrogens (tertiary/aromatic N) is 1. The lowest BCUT2D eigenvalue weighted by Crippen LogP contribution is -1.79. The largest absolute Gasteiger partial charge is 0.321 e. The van der Waals surface area contributed by atoms with Crippen molar-refractivity contribution in [1.29, 1.82) is 5.26 Å². The van der Waals surface area contributed by atoms with Gasteiger partial charge in [0.05, 0.1) is 13.2 Å². The monoisotopic (exact) mass is 117 g/mol. The third-order valence-electron chi connectivity index (χ3n) is 0.582. The third kappa shape index (κ3) is 1.10. The van der Waals surface area contributed by atoms with Gasteiger partial charge in [0.2, 0.25) is 0 Å². The first-order valence-electron chi connectivity index (χ1n) is 1.89. The smallest absolute Gasteiger partial charge is 0.285 e. The quantitative estimate of drug-likeness (QED) is 0.441. The Hall–Kier alpha value is -0.160. The van der Waals surface area contributed by atoms with Crippen LogP contribution in [0.4, 0.5) is 0 Å². The highest BCUT2D eigenvalue weighted by Gasteiger charge is 2.14. The first-order chi connectivity index (χ1) is 3.43. The Kier molecular flexibility index (Phi) is 1.59. The number of hydrogen-bond acceptors (Lipinski definition) is 3. The molecule has 1 fully saturated rings. The van der Waals surface area contributed by atoms with Crippen molar-refractivity contribution in [2.75, 3.05) is 13.2 Å². The Morgan fingerprint density at radius 1 is 1.43 bits per heavy atom. The summed E-state index contributed by atoms with van der Waals surface area (Å²) in [6.07, 6.45) is 0. The van der Waals surface area contributed by atoms with Crippen molar-refractivity contribution in [1.82, 2.24) is 0 Å². The van der Waals surface area contributed by atoms with E-state index in [1.54, 1.807) is 0 Å². The normalized spacial score (nSPS) is 22.1. The average Bonchev–Trinajstić information content (AvgIpc) is 2.14. The SMILES string of the molecule is N#CP1OCCO1. The highest BCUT2D eigenvalue weighted by atomic mass is 31.2. The van der Waals surface area contributed by atoms with E-state index in [1.807, 2.05) is 5.81 Å². The molecule has 0 unspecified atom stereocenters. The Morgan fingerprint density at radius 3 is 2.29 bits per heavy atom. The molecule has 0 N–H and O–H groups in total. The molecule has 4 heteroatoms. The van der Waals surface area contributed by atoms with Crippen molar-refractivity contribution in [2.24, 2.45) is 0 Å². The summed E-state index contributed by atoms with van der Waals surface area (Å²) in [7, 11) is -1.14. The van der Waals surface area contributed by atoms with Gasteiger partial charge in [-0.15, -0.1) is 0 Å². The van der Waals surface area contributed by atoms with Gasteiger partial charge in [-0.05, 0) is 0 Å². The number of hydrogen-bond donors (Lipinski definition) is 0. The van der Waals surface area contributed by atoms with E-state index in [0.29, 0.717) is 13.2 Å². The lowest BCUT2D eigenvalue weighted by Gasteiger charge is -1.89. The lowest BCUT2D eigenvalue weighted by atomic mass is 10.8. The molecule has 0 aromatic heterocycles. The van der Waals surface area contributed by atoms with Crippen LogP contribution in [0.3, 0.4) is 0 Å². The molecule has 1 saturated heterocycles. The number of rotatable bonds is 0. The molecule has 1 rings (SSSR count). The van der Waals surface area contributed by atoms with E-state index in [-0.39, 0.29) is 0 Å². The summed E-state index contributed by atoms with van der Waals surface area (Å²) in [4.78, 5) is 0. The topological polar surface area (TPSA) is 42.2 Å². The summed E-state index contributed by atoms with van der Waals surface area (Å²) in [5.74, 6) is 1.88. The fourth-order valence-electron chi connectivity index (χ4n) is 0.335. The molecule has 0 aromatic carbocycles. The minimum Gasteiger partial charge on any atom is -0.321 e. The van der Waals surface area contributed by atoms with Gasteiger partial charge in [0.1, 0.15) is 5.81 Å². The summed E-state index contributed by atoms with van der Waals surface area (Å²) in [5, 5.41) is 8.09. The maximum Gasteiger partial charge on any atom is 0.285 e. The zero-order valence-corrected chi connectivity index (χ0v) is 4.52. The van der Waals surface area contributed by atoms with Crippen LogP contribution in [0, 0.1) is 11.1 Å². The average molecular weight is 117 g/mol. The Morgan fingerprint density at radius 2 is 2.00 bits per heavy atom. The molecule has 0 atom stereocenters. The third-order valence-corrected chi connectivity index (χ3v) is 1.58. The first-order valence-corrected chi connectivity index (χ1v) is 3.07. The molecule has 0 spiro atoms. The molecule has 0 aromatic rings. The van der Waals surface area contributed by atoms with Crippen LogP contribution in [0.2, 0.25) is 0 Å². The van der Waals surface area contributed by atoms with E-state index in [9.17, 15) is 0 Å². The van der Waals surface area contributed by atoms with Crippen LogP contribution in [0.25, 0.3) is 0 Å². The van der Waals surface area contributed by atoms with Crippen LogP contribution < -0.4 is 0 Å². The molecular weight excluding hydrogens is 113 g/mol. The maximum absolute atomic E-state index is 8.09. The van der Waals surface area contributed by atoms with Crippen LogP contribution in [-0.2, 0) is 9.05 Å². The van der Waals surface area contributed by atoms with Crippen molar-refractivity contribution < 1.29 is 9.05 Å². The van der Waals surface area contributed by atoms with Gasteiger partial charge in [-0.1, -0.05) is 0 Å². The second kappa shape index (κ2) is 2.23. The van der Waals surface area contributed by atoms with Gasteiger partial charge in [-0.2, -0.15) is 5.26 Å². The fourth-order valence-corrected chi connectivity index (χ4v) is 1.01. The lowest BCUT2D eigenvalue weighted by molar-refractivity contribution is 0.365. The molecule has 0 radical (unpaired) electrons. The van der Waals surface area contributed by atoms with Crippen molar-refractivity contribution >= 4 is 8.38 Å². The van der Waals surface area contributed by atoms with Gasteiger partial charge in [0.15, 0.2) is 0 Å². The maximum atomic E-state index is 8.09. The number of nitriles is 1. The molecule has 38 valence electrons. The predicted octanol–water partition coefficient (Wildman–Crippen LogP) is 0.826. The van der Waals surface area contributed by atoms with E-state index in [2.05, 4.69) is 0 Å². The molecule has 0 bridgehead atoms. The fraction of sp³-hybridized carbons (Fsp3) is 0.667. The van der Waals surface area contributed by atoms with Crippen molar-refractivity contribution in [3.8, 4) is 5.81 Å². The van der Waals surface area contributed by atoms with E-state index >= 15 is 0 Å². The van der Waals surface area contributed by atoms with Crippen LogP contribution in [0.5, 0.6) is 0 Å². The summed E-state index contributed by atoms with van der Waals surface area (Å²) < 4.78 is 9.57. The van der Waals surface area contributed by atoms with E-state index < -0.39 is 8.38 Å². The summed E-state index contributed by atoms with van der Waals surface area (Å²) in [6.45, 7) is 1.17. The van der Waals surface area contributed by atoms with Crippen LogP contribution in [-0.4, -0.2) is 13.2 Å². The molecule has 1 aliphatic heterocycles. The van der Waals surface area contributed by atoms with Gasteiger partial charge < -0.3 is 9.05 Å². The predicted molar refractivity (Wildman–Crippen MR) is 24.4 cm³/mol. The van der Waals surface area contributed by atoms with Gasteiger partial charge in [-0.3, -0.25) is 0 Å². The zero-order chi connectivity index (χ0) is 5.11. The van der Waals surface area contributed by atoms with Gasteiger partial charge in [0.25, 0.3) is 8.38 Å². The summed E-state index contributed by atoms with van der Waals surface area (Å²) >= 11 is 0. The molecule has 1 aliphatic rings. The van der Waals surface area contributed by atoms with Gasteiger partial charge in [-0.25, -0.2) is 0 Å². The van der Waals surface area contributed by atoms with Gasteiger partial charge in [0, 0.05) is 0 Å². The van der Waals surface area contributed by atoms with Crippen LogP contribution in [0.1, 0.15) is 0 Å². The molecule has 0 amide bonds. The molecule has 0 aliphatic carbocycles. The second-order valence-corrected chi connectivity index (χ2v) is 2.25. The van der Waals surface area contributed by atoms with Crippen LogP contribution >= 0.6 is 8.38 Å². The van der Waals surface area contributed by atoms with Gasteiger partial charge >= 0.3 is 0 Å². The summed E-state index contributed by atoms with van der Waals surface area (Å²) in [6, 6.07) is 0. The van der Waals surface area contributed by atoms with Crippen molar-refractivity contribution in [2.45, 2.75) is 0 Å². The Labute approximate surface area is 42.8 Å². The molecule has 1 heterocycles. The Bertz CT molecular complexity index is 93.6. The van der Waals surface area contributed by atoms with E-state index in [0.717, 1.165) is 0 Å².